The molecule has 0 radical (unpaired) electrons. The summed E-state index contributed by atoms with van der Waals surface area (Å²) >= 11 is 0. The number of carbonyl (C=O) groups is 1. The number of halogens is 1. The van der Waals surface area contributed by atoms with E-state index in [1.54, 1.807) is 17.0 Å². The molecule has 138 valence electrons. The highest BCUT2D eigenvalue weighted by molar-refractivity contribution is 5.96. The maximum Gasteiger partial charge on any atom is 0.232 e. The molecule has 2 heterocycles. The molecule has 0 spiro atoms. The van der Waals surface area contributed by atoms with Gasteiger partial charge in [-0.1, -0.05) is 5.16 Å². The average molecular weight is 366 g/mol. The minimum Gasteiger partial charge on any atom is -0.378 e. The third-order valence-corrected chi connectivity index (χ3v) is 4.70. The topological polar surface area (TPSA) is 62.5 Å². The molecule has 0 saturated carbocycles. The summed E-state index contributed by atoms with van der Waals surface area (Å²) in [5, 5.41) is 4.06. The predicted molar refractivity (Wildman–Crippen MR) is 100 cm³/mol. The largest absolute Gasteiger partial charge is 0.378 e. The van der Waals surface area contributed by atoms with Crippen molar-refractivity contribution in [3.63, 3.8) is 0 Å². The molecule has 7 heteroatoms. The van der Waals surface area contributed by atoms with Gasteiger partial charge in [0.15, 0.2) is 0 Å². The molecule has 1 saturated heterocycles. The van der Waals surface area contributed by atoms with Crippen molar-refractivity contribution in [2.24, 2.45) is 0 Å². The van der Waals surface area contributed by atoms with Crippen LogP contribution in [0.2, 0.25) is 0 Å². The van der Waals surface area contributed by atoms with Gasteiger partial charge >= 0.3 is 0 Å². The lowest BCUT2D eigenvalue weighted by molar-refractivity contribution is -0.117. The second kappa shape index (κ2) is 6.83. The molecule has 1 fully saturated rings. The molecule has 0 unspecified atom stereocenters. The van der Waals surface area contributed by atoms with Crippen LogP contribution in [0.1, 0.15) is 18.2 Å². The van der Waals surface area contributed by atoms with Crippen LogP contribution in [0.15, 0.2) is 53.1 Å². The molecule has 0 N–H and O–H groups in total. The molecule has 6 nitrogen and oxygen atoms in total. The van der Waals surface area contributed by atoms with Gasteiger partial charge in [-0.15, -0.1) is 0 Å². The van der Waals surface area contributed by atoms with Crippen molar-refractivity contribution in [3.05, 3.63) is 60.2 Å². The minimum absolute atomic E-state index is 0.0401. The SMILES string of the molecule is CN(C)c1ccc(-c2noc([C@H]3CC(=O)N(c4ccc(F)cc4)C3)n2)cc1. The van der Waals surface area contributed by atoms with Gasteiger partial charge in [-0.25, -0.2) is 4.39 Å². The highest BCUT2D eigenvalue weighted by Crippen LogP contribution is 2.32. The Morgan fingerprint density at radius 1 is 1.11 bits per heavy atom. The van der Waals surface area contributed by atoms with E-state index in [9.17, 15) is 9.18 Å². The van der Waals surface area contributed by atoms with Gasteiger partial charge < -0.3 is 14.3 Å². The Kier molecular flexibility index (Phi) is 4.35. The molecule has 1 aliphatic heterocycles. The summed E-state index contributed by atoms with van der Waals surface area (Å²) in [4.78, 5) is 20.5. The fourth-order valence-corrected chi connectivity index (χ4v) is 3.17. The fourth-order valence-electron chi connectivity index (χ4n) is 3.17. The van der Waals surface area contributed by atoms with Gasteiger partial charge in [0.1, 0.15) is 5.82 Å². The zero-order chi connectivity index (χ0) is 19.0. The van der Waals surface area contributed by atoms with Crippen LogP contribution in [0.3, 0.4) is 0 Å². The first-order valence-electron chi connectivity index (χ1n) is 8.68. The monoisotopic (exact) mass is 366 g/mol. The van der Waals surface area contributed by atoms with Gasteiger partial charge in [-0.2, -0.15) is 4.98 Å². The van der Waals surface area contributed by atoms with E-state index >= 15 is 0 Å². The van der Waals surface area contributed by atoms with Gasteiger partial charge in [0.2, 0.25) is 17.6 Å². The van der Waals surface area contributed by atoms with Crippen LogP contribution in [0.4, 0.5) is 15.8 Å². The number of amides is 1. The number of hydrogen-bond donors (Lipinski definition) is 0. The standard InChI is InChI=1S/C20H19FN4O2/c1-24(2)16-7-3-13(4-8-16)19-22-20(27-23-19)14-11-18(26)25(12-14)17-9-5-15(21)6-10-17/h3-10,14H,11-12H2,1-2H3/t14-/m0/s1. The zero-order valence-electron chi connectivity index (χ0n) is 15.1. The smallest absolute Gasteiger partial charge is 0.232 e. The first-order chi connectivity index (χ1) is 13.0. The van der Waals surface area contributed by atoms with Gasteiger partial charge in [-0.05, 0) is 48.5 Å². The highest BCUT2D eigenvalue weighted by atomic mass is 19.1. The maximum absolute atomic E-state index is 13.1. The molecular weight excluding hydrogens is 347 g/mol. The van der Waals surface area contributed by atoms with Crippen molar-refractivity contribution in [2.45, 2.75) is 12.3 Å². The molecule has 1 aliphatic rings. The van der Waals surface area contributed by atoms with Crippen LogP contribution in [-0.2, 0) is 4.79 Å². The molecule has 0 bridgehead atoms. The van der Waals surface area contributed by atoms with Gasteiger partial charge in [0.25, 0.3) is 0 Å². The number of nitrogens with zero attached hydrogens (tertiary/aromatic N) is 4. The molecule has 4 rings (SSSR count). The van der Waals surface area contributed by atoms with Crippen molar-refractivity contribution in [2.75, 3.05) is 30.4 Å². The number of carbonyl (C=O) groups excluding carboxylic acids is 1. The summed E-state index contributed by atoms with van der Waals surface area (Å²) in [6.45, 7) is 0.436. The van der Waals surface area contributed by atoms with E-state index in [2.05, 4.69) is 10.1 Å². The molecule has 1 amide bonds. The van der Waals surface area contributed by atoms with Crippen LogP contribution in [0.5, 0.6) is 0 Å². The zero-order valence-corrected chi connectivity index (χ0v) is 15.1. The molecular formula is C20H19FN4O2. The van der Waals surface area contributed by atoms with E-state index in [4.69, 9.17) is 4.52 Å². The van der Waals surface area contributed by atoms with E-state index in [1.807, 2.05) is 43.3 Å². The van der Waals surface area contributed by atoms with Crippen molar-refractivity contribution < 1.29 is 13.7 Å². The summed E-state index contributed by atoms with van der Waals surface area (Å²) in [6, 6.07) is 13.7. The average Bonchev–Trinajstić information content (AvgIpc) is 3.29. The molecule has 2 aromatic carbocycles. The number of aromatic nitrogens is 2. The Balaban J connectivity index is 1.52. The lowest BCUT2D eigenvalue weighted by Crippen LogP contribution is -2.24. The van der Waals surface area contributed by atoms with Gasteiger partial charge in [0.05, 0.1) is 5.92 Å². The number of hydrogen-bond acceptors (Lipinski definition) is 5. The van der Waals surface area contributed by atoms with Crippen LogP contribution < -0.4 is 9.80 Å². The summed E-state index contributed by atoms with van der Waals surface area (Å²) in [6.07, 6.45) is 0.290. The van der Waals surface area contributed by atoms with E-state index in [0.717, 1.165) is 11.3 Å². The van der Waals surface area contributed by atoms with Gasteiger partial charge in [-0.3, -0.25) is 4.79 Å². The molecule has 3 aromatic rings. The van der Waals surface area contributed by atoms with Crippen molar-refractivity contribution in [3.8, 4) is 11.4 Å². The summed E-state index contributed by atoms with van der Waals surface area (Å²) in [7, 11) is 3.96. The third-order valence-electron chi connectivity index (χ3n) is 4.70. The molecule has 1 aromatic heterocycles. The Bertz CT molecular complexity index is 951. The van der Waals surface area contributed by atoms with E-state index in [-0.39, 0.29) is 17.6 Å². The minimum atomic E-state index is -0.330. The van der Waals surface area contributed by atoms with Crippen LogP contribution in [0.25, 0.3) is 11.4 Å². The second-order valence-corrected chi connectivity index (χ2v) is 6.78. The maximum atomic E-state index is 13.1. The summed E-state index contributed by atoms with van der Waals surface area (Å²) in [5.41, 5.74) is 2.61. The Morgan fingerprint density at radius 2 is 1.81 bits per heavy atom. The van der Waals surface area contributed by atoms with E-state index in [0.29, 0.717) is 30.4 Å². The van der Waals surface area contributed by atoms with Crippen molar-refractivity contribution >= 4 is 17.3 Å². The number of rotatable bonds is 4. The third kappa shape index (κ3) is 3.40. The second-order valence-electron chi connectivity index (χ2n) is 6.78. The number of benzene rings is 2. The fraction of sp³-hybridized carbons (Fsp3) is 0.250. The Hall–Kier alpha value is -3.22. The summed E-state index contributed by atoms with van der Waals surface area (Å²) in [5.74, 6) is 0.401. The normalized spacial score (nSPS) is 16.8. The lowest BCUT2D eigenvalue weighted by Gasteiger charge is -2.15. The Labute approximate surface area is 156 Å². The van der Waals surface area contributed by atoms with Gasteiger partial charge in [0, 0.05) is 44.0 Å². The summed E-state index contributed by atoms with van der Waals surface area (Å²) < 4.78 is 18.5. The van der Waals surface area contributed by atoms with Crippen LogP contribution in [0, 0.1) is 5.82 Å². The Morgan fingerprint density at radius 3 is 2.48 bits per heavy atom. The quantitative estimate of drug-likeness (QED) is 0.708. The van der Waals surface area contributed by atoms with E-state index < -0.39 is 0 Å². The van der Waals surface area contributed by atoms with Crippen LogP contribution >= 0.6 is 0 Å². The molecule has 0 aliphatic carbocycles. The molecule has 1 atom stereocenters. The van der Waals surface area contributed by atoms with E-state index in [1.165, 1.54) is 12.1 Å². The lowest BCUT2D eigenvalue weighted by atomic mass is 10.1. The number of anilines is 2. The molecule has 27 heavy (non-hydrogen) atoms. The van der Waals surface area contributed by atoms with Crippen LogP contribution in [-0.4, -0.2) is 36.7 Å². The first kappa shape index (κ1) is 17.2. The highest BCUT2D eigenvalue weighted by Gasteiger charge is 2.35. The predicted octanol–water partition coefficient (Wildman–Crippen LogP) is 3.46. The first-order valence-corrected chi connectivity index (χ1v) is 8.68. The van der Waals surface area contributed by atoms with Crippen molar-refractivity contribution in [1.82, 2.24) is 10.1 Å². The van der Waals surface area contributed by atoms with Crippen molar-refractivity contribution in [1.29, 1.82) is 0 Å².